The predicted molar refractivity (Wildman–Crippen MR) is 118 cm³/mol. The maximum absolute atomic E-state index is 13.0. The Balaban J connectivity index is 1.52. The van der Waals surface area contributed by atoms with Gasteiger partial charge in [-0.1, -0.05) is 42.0 Å². The Morgan fingerprint density at radius 2 is 1.62 bits per heavy atom. The summed E-state index contributed by atoms with van der Waals surface area (Å²) < 4.78 is 39.1. The molecule has 3 rings (SSSR count). The molecule has 2 amide bonds. The van der Waals surface area contributed by atoms with Gasteiger partial charge in [-0.2, -0.15) is 13.2 Å². The highest BCUT2D eigenvalue weighted by Crippen LogP contribution is 2.34. The Labute approximate surface area is 187 Å². The quantitative estimate of drug-likeness (QED) is 0.536. The molecule has 1 aromatic heterocycles. The average Bonchev–Trinajstić information content (AvgIpc) is 3.16. The minimum Gasteiger partial charge on any atom is -0.324 e. The standard InChI is InChI=1S/C22H21F3N4O2S/c1-14-7-9-15(10-8-14)18-13-32-21(27-18)28-20(31)12-29(2)11-19(30)26-17-6-4-3-5-16(17)22(23,24)25/h3-10,13H,11-12H2,1-2H3,(H,26,30)(H,27,28,31). The van der Waals surface area contributed by atoms with Gasteiger partial charge < -0.3 is 10.6 Å². The molecule has 0 radical (unpaired) electrons. The number of likely N-dealkylation sites (N-methyl/N-ethyl adjacent to an activating group) is 1. The number of thiazole rings is 1. The third-order valence-corrected chi connectivity index (χ3v) is 5.19. The first-order chi connectivity index (χ1) is 15.1. The third kappa shape index (κ3) is 6.38. The van der Waals surface area contributed by atoms with Crippen molar-refractivity contribution in [2.45, 2.75) is 13.1 Å². The van der Waals surface area contributed by atoms with Gasteiger partial charge in [-0.15, -0.1) is 11.3 Å². The summed E-state index contributed by atoms with van der Waals surface area (Å²) in [6.45, 7) is 1.60. The number of carbonyl (C=O) groups excluding carboxylic acids is 2. The number of anilines is 2. The van der Waals surface area contributed by atoms with Gasteiger partial charge in [-0.3, -0.25) is 14.5 Å². The van der Waals surface area contributed by atoms with E-state index < -0.39 is 17.6 Å². The number of hydrogen-bond donors (Lipinski definition) is 2. The molecule has 0 bridgehead atoms. The van der Waals surface area contributed by atoms with Crippen molar-refractivity contribution in [2.75, 3.05) is 30.8 Å². The average molecular weight is 462 g/mol. The molecule has 3 aromatic rings. The number of halogens is 3. The molecule has 0 fully saturated rings. The second kappa shape index (κ2) is 9.92. The summed E-state index contributed by atoms with van der Waals surface area (Å²) in [7, 11) is 1.52. The number of benzene rings is 2. The topological polar surface area (TPSA) is 74.3 Å². The van der Waals surface area contributed by atoms with Gasteiger partial charge in [0.15, 0.2) is 5.13 Å². The molecule has 168 valence electrons. The van der Waals surface area contributed by atoms with Gasteiger partial charge in [0.1, 0.15) is 0 Å². The van der Waals surface area contributed by atoms with Crippen molar-refractivity contribution < 1.29 is 22.8 Å². The zero-order chi connectivity index (χ0) is 23.3. The molecule has 0 aliphatic carbocycles. The molecular weight excluding hydrogens is 441 g/mol. The lowest BCUT2D eigenvalue weighted by molar-refractivity contribution is -0.137. The zero-order valence-corrected chi connectivity index (χ0v) is 18.2. The number of amides is 2. The van der Waals surface area contributed by atoms with Crippen molar-refractivity contribution in [2.24, 2.45) is 0 Å². The Morgan fingerprint density at radius 3 is 2.28 bits per heavy atom. The van der Waals surface area contributed by atoms with Crippen LogP contribution in [0, 0.1) is 6.92 Å². The number of aryl methyl sites for hydroxylation is 1. The van der Waals surface area contributed by atoms with Gasteiger partial charge in [0.2, 0.25) is 11.8 Å². The third-order valence-electron chi connectivity index (χ3n) is 4.43. The monoisotopic (exact) mass is 462 g/mol. The van der Waals surface area contributed by atoms with E-state index in [9.17, 15) is 22.8 Å². The van der Waals surface area contributed by atoms with E-state index in [1.54, 1.807) is 0 Å². The minimum atomic E-state index is -4.58. The van der Waals surface area contributed by atoms with Crippen molar-refractivity contribution in [3.05, 3.63) is 65.0 Å². The van der Waals surface area contributed by atoms with E-state index in [0.29, 0.717) is 5.13 Å². The largest absolute Gasteiger partial charge is 0.418 e. The molecule has 10 heteroatoms. The lowest BCUT2D eigenvalue weighted by Gasteiger charge is -2.17. The molecule has 0 atom stereocenters. The normalized spacial score (nSPS) is 11.4. The van der Waals surface area contributed by atoms with E-state index in [2.05, 4.69) is 15.6 Å². The first kappa shape index (κ1) is 23.4. The highest BCUT2D eigenvalue weighted by molar-refractivity contribution is 7.14. The van der Waals surface area contributed by atoms with E-state index in [1.807, 2.05) is 36.6 Å². The molecule has 6 nitrogen and oxygen atoms in total. The number of nitrogens with one attached hydrogen (secondary N) is 2. The van der Waals surface area contributed by atoms with Crippen molar-refractivity contribution in [1.29, 1.82) is 0 Å². The van der Waals surface area contributed by atoms with Crippen LogP contribution in [-0.4, -0.2) is 41.8 Å². The van der Waals surface area contributed by atoms with Crippen molar-refractivity contribution in [1.82, 2.24) is 9.88 Å². The summed E-state index contributed by atoms with van der Waals surface area (Å²) in [6.07, 6.45) is -4.58. The van der Waals surface area contributed by atoms with Crippen molar-refractivity contribution >= 4 is 34.0 Å². The summed E-state index contributed by atoms with van der Waals surface area (Å²) >= 11 is 1.28. The highest BCUT2D eigenvalue weighted by Gasteiger charge is 2.33. The van der Waals surface area contributed by atoms with Gasteiger partial charge in [0.05, 0.1) is 30.0 Å². The fourth-order valence-corrected chi connectivity index (χ4v) is 3.66. The number of aromatic nitrogens is 1. The van der Waals surface area contributed by atoms with Gasteiger partial charge >= 0.3 is 6.18 Å². The lowest BCUT2D eigenvalue weighted by atomic mass is 10.1. The molecule has 2 N–H and O–H groups in total. The molecule has 2 aromatic carbocycles. The molecule has 0 aliphatic rings. The molecule has 0 unspecified atom stereocenters. The van der Waals surface area contributed by atoms with Crippen LogP contribution in [0.25, 0.3) is 11.3 Å². The summed E-state index contributed by atoms with van der Waals surface area (Å²) in [5.41, 5.74) is 1.55. The lowest BCUT2D eigenvalue weighted by Crippen LogP contribution is -2.36. The van der Waals surface area contributed by atoms with Crippen LogP contribution in [-0.2, 0) is 15.8 Å². The Hall–Kier alpha value is -3.24. The summed E-state index contributed by atoms with van der Waals surface area (Å²) in [4.78, 5) is 30.2. The van der Waals surface area contributed by atoms with Crippen LogP contribution in [0.2, 0.25) is 0 Å². The van der Waals surface area contributed by atoms with E-state index >= 15 is 0 Å². The van der Waals surface area contributed by atoms with Crippen molar-refractivity contribution in [3.8, 4) is 11.3 Å². The summed E-state index contributed by atoms with van der Waals surface area (Å²) in [5.74, 6) is -1.05. The van der Waals surface area contributed by atoms with Gasteiger partial charge in [-0.05, 0) is 26.1 Å². The number of nitrogens with zero attached hydrogens (tertiary/aromatic N) is 2. The fourth-order valence-electron chi connectivity index (χ4n) is 2.92. The highest BCUT2D eigenvalue weighted by atomic mass is 32.1. The maximum Gasteiger partial charge on any atom is 0.418 e. The van der Waals surface area contributed by atoms with E-state index in [1.165, 1.54) is 41.5 Å². The molecule has 0 saturated heterocycles. The van der Waals surface area contributed by atoms with Crippen molar-refractivity contribution in [3.63, 3.8) is 0 Å². The Kier molecular flexibility index (Phi) is 7.26. The molecule has 32 heavy (non-hydrogen) atoms. The second-order valence-corrected chi connectivity index (χ2v) is 8.07. The first-order valence-electron chi connectivity index (χ1n) is 9.59. The number of hydrogen-bond acceptors (Lipinski definition) is 5. The number of rotatable bonds is 7. The molecule has 0 saturated carbocycles. The van der Waals surface area contributed by atoms with Crippen LogP contribution in [0.3, 0.4) is 0 Å². The fraction of sp³-hybridized carbons (Fsp3) is 0.227. The maximum atomic E-state index is 13.0. The minimum absolute atomic E-state index is 0.131. The van der Waals surface area contributed by atoms with Crippen LogP contribution in [0.4, 0.5) is 24.0 Å². The van der Waals surface area contributed by atoms with Gasteiger partial charge in [0.25, 0.3) is 0 Å². The predicted octanol–water partition coefficient (Wildman–Crippen LogP) is 4.65. The molecule has 0 aliphatic heterocycles. The number of carbonyl (C=O) groups is 2. The van der Waals surface area contributed by atoms with Gasteiger partial charge in [0, 0.05) is 10.9 Å². The molecule has 0 spiro atoms. The van der Waals surface area contributed by atoms with Gasteiger partial charge in [-0.25, -0.2) is 4.98 Å². The second-order valence-electron chi connectivity index (χ2n) is 7.22. The summed E-state index contributed by atoms with van der Waals surface area (Å²) in [6, 6.07) is 12.6. The Morgan fingerprint density at radius 1 is 1.00 bits per heavy atom. The van der Waals surface area contributed by atoms with E-state index in [4.69, 9.17) is 0 Å². The first-order valence-corrected chi connectivity index (χ1v) is 10.5. The Bertz CT molecular complexity index is 1100. The SMILES string of the molecule is Cc1ccc(-c2csc(NC(=O)CN(C)CC(=O)Nc3ccccc3C(F)(F)F)n2)cc1. The molecular formula is C22H21F3N4O2S. The zero-order valence-electron chi connectivity index (χ0n) is 17.4. The molecule has 1 heterocycles. The smallest absolute Gasteiger partial charge is 0.324 e. The summed E-state index contributed by atoms with van der Waals surface area (Å²) in [5, 5.41) is 7.17. The van der Waals surface area contributed by atoms with Crippen LogP contribution < -0.4 is 10.6 Å². The number of alkyl halides is 3. The number of para-hydroxylation sites is 1. The van der Waals surface area contributed by atoms with Crippen LogP contribution in [0.15, 0.2) is 53.9 Å². The van der Waals surface area contributed by atoms with Crippen LogP contribution in [0.1, 0.15) is 11.1 Å². The van der Waals surface area contributed by atoms with E-state index in [-0.39, 0.29) is 24.7 Å². The van der Waals surface area contributed by atoms with E-state index in [0.717, 1.165) is 22.9 Å². The van der Waals surface area contributed by atoms with Crippen LogP contribution >= 0.6 is 11.3 Å². The van der Waals surface area contributed by atoms with Crippen LogP contribution in [0.5, 0.6) is 0 Å².